The number of ether oxygens (including phenoxy) is 10. The average Bonchev–Trinajstić information content (AvgIpc) is 3.57. The molecule has 21 heteroatoms. The minimum absolute atomic E-state index is 0.103. The van der Waals surface area contributed by atoms with Gasteiger partial charge in [0.05, 0.1) is 12.7 Å². The van der Waals surface area contributed by atoms with Gasteiger partial charge in [-0.15, -0.1) is 0 Å². The van der Waals surface area contributed by atoms with Crippen molar-refractivity contribution in [3.63, 3.8) is 0 Å². The largest absolute Gasteiger partial charge is 0.463 e. The van der Waals surface area contributed by atoms with Gasteiger partial charge in [-0.05, 0) is 29.2 Å². The topological polar surface area (TPSA) is 276 Å². The first-order valence-corrected chi connectivity index (χ1v) is 20.7. The molecule has 12 atom stereocenters. The third-order valence-electron chi connectivity index (χ3n) is 10.5. The molecule has 0 bridgehead atoms. The Morgan fingerprint density at radius 1 is 0.723 bits per heavy atom. The fraction of sp³-hybridized carbons (Fsp3) is 0.523. The summed E-state index contributed by atoms with van der Waals surface area (Å²) in [6, 6.07) is 12.2. The van der Waals surface area contributed by atoms with Gasteiger partial charge in [-0.1, -0.05) is 61.2 Å². The minimum atomic E-state index is -1.86. The van der Waals surface area contributed by atoms with Crippen LogP contribution in [0.3, 0.4) is 0 Å². The molecule has 5 rings (SSSR count). The molecule has 65 heavy (non-hydrogen) atoms. The van der Waals surface area contributed by atoms with Crippen molar-refractivity contribution in [3.05, 3.63) is 72.3 Å². The van der Waals surface area contributed by atoms with Crippen LogP contribution < -0.4 is 10.6 Å². The number of fused-ring (bicyclic) bond motifs is 3. The van der Waals surface area contributed by atoms with Gasteiger partial charge in [0.2, 0.25) is 5.91 Å². The summed E-state index contributed by atoms with van der Waals surface area (Å²) >= 11 is 0. The van der Waals surface area contributed by atoms with Crippen LogP contribution in [0.1, 0.15) is 58.6 Å². The maximum atomic E-state index is 13.5. The number of alkyl carbamates (subject to hydrolysis) is 1. The van der Waals surface area contributed by atoms with Crippen molar-refractivity contribution in [2.24, 2.45) is 0 Å². The lowest BCUT2D eigenvalue weighted by Gasteiger charge is -2.49. The van der Waals surface area contributed by atoms with E-state index in [1.165, 1.54) is 13.0 Å². The molecule has 2 aromatic rings. The zero-order chi connectivity index (χ0) is 47.5. The highest BCUT2D eigenvalue weighted by Gasteiger charge is 2.56. The number of hydrogen-bond acceptors (Lipinski definition) is 19. The van der Waals surface area contributed by atoms with Gasteiger partial charge in [0, 0.05) is 40.5 Å². The summed E-state index contributed by atoms with van der Waals surface area (Å²) in [7, 11) is 0. The molecule has 1 aliphatic carbocycles. The van der Waals surface area contributed by atoms with Gasteiger partial charge in [-0.2, -0.15) is 0 Å². The molecule has 3 aliphatic rings. The second-order valence-corrected chi connectivity index (χ2v) is 15.3. The van der Waals surface area contributed by atoms with E-state index in [1.54, 1.807) is 0 Å². The van der Waals surface area contributed by atoms with E-state index in [1.807, 2.05) is 48.5 Å². The summed E-state index contributed by atoms with van der Waals surface area (Å²) in [5, 5.41) is 27.1. The van der Waals surface area contributed by atoms with Gasteiger partial charge in [0.1, 0.15) is 50.3 Å². The van der Waals surface area contributed by atoms with E-state index < -0.39 is 129 Å². The van der Waals surface area contributed by atoms with Gasteiger partial charge in [0.25, 0.3) is 0 Å². The van der Waals surface area contributed by atoms with Gasteiger partial charge in [0.15, 0.2) is 36.9 Å². The number of aliphatic hydroxyl groups is 2. The van der Waals surface area contributed by atoms with Crippen LogP contribution in [0.4, 0.5) is 4.79 Å². The molecule has 2 amide bonds. The smallest absolute Gasteiger partial charge is 0.407 e. The number of aliphatic hydroxyl groups excluding tert-OH is 2. The zero-order valence-corrected chi connectivity index (χ0v) is 36.6. The van der Waals surface area contributed by atoms with Crippen LogP contribution in [0.25, 0.3) is 11.1 Å². The Hall–Kier alpha value is -5.97. The van der Waals surface area contributed by atoms with E-state index in [0.717, 1.165) is 56.9 Å². The van der Waals surface area contributed by atoms with Crippen LogP contribution in [0.15, 0.2) is 61.2 Å². The molecule has 2 fully saturated rings. The SMILES string of the molecule is C=CCOC(=O)[C@@H](NC(=O)OCC1c2ccccc2-c2ccccc21)[C@@H](C)O[C@H]1OC(CO)[C@H](O)C(O[C@@H]2OC(COC(C)=O)[C@H](OC(C)=O)C(OC(C)=O)C2OC(C)=O)C1NC(C)=O. The van der Waals surface area contributed by atoms with E-state index in [9.17, 15) is 43.8 Å². The van der Waals surface area contributed by atoms with Crippen molar-refractivity contribution in [3.8, 4) is 11.1 Å². The fourth-order valence-electron chi connectivity index (χ4n) is 7.84. The first kappa shape index (κ1) is 50.0. The molecule has 0 saturated carbocycles. The van der Waals surface area contributed by atoms with E-state index in [4.69, 9.17) is 47.4 Å². The van der Waals surface area contributed by atoms with Gasteiger partial charge >= 0.3 is 35.9 Å². The Bertz CT molecular complexity index is 2020. The number of amides is 2. The molecule has 0 radical (unpaired) electrons. The van der Waals surface area contributed by atoms with Crippen molar-refractivity contribution in [1.29, 1.82) is 0 Å². The molecule has 0 spiro atoms. The highest BCUT2D eigenvalue weighted by Crippen LogP contribution is 2.44. The van der Waals surface area contributed by atoms with E-state index in [0.29, 0.717) is 0 Å². The third-order valence-corrected chi connectivity index (χ3v) is 10.5. The Labute approximate surface area is 373 Å². The molecule has 6 unspecified atom stereocenters. The monoisotopic (exact) mass is 914 g/mol. The quantitative estimate of drug-likeness (QED) is 0.0925. The van der Waals surface area contributed by atoms with Crippen LogP contribution in [0.5, 0.6) is 0 Å². The molecule has 2 aliphatic heterocycles. The van der Waals surface area contributed by atoms with Gasteiger partial charge in [-0.25, -0.2) is 9.59 Å². The summed E-state index contributed by atoms with van der Waals surface area (Å²) in [4.78, 5) is 88.9. The Morgan fingerprint density at radius 3 is 1.85 bits per heavy atom. The number of esters is 5. The van der Waals surface area contributed by atoms with E-state index in [2.05, 4.69) is 17.2 Å². The Morgan fingerprint density at radius 2 is 1.29 bits per heavy atom. The van der Waals surface area contributed by atoms with Crippen molar-refractivity contribution >= 4 is 41.8 Å². The lowest BCUT2D eigenvalue weighted by atomic mass is 9.95. The Kier molecular flexibility index (Phi) is 17.5. The van der Waals surface area contributed by atoms with Crippen LogP contribution >= 0.6 is 0 Å². The predicted molar refractivity (Wildman–Crippen MR) is 220 cm³/mol. The maximum absolute atomic E-state index is 13.5. The van der Waals surface area contributed by atoms with Crippen molar-refractivity contribution in [1.82, 2.24) is 10.6 Å². The minimum Gasteiger partial charge on any atom is -0.463 e. The number of benzene rings is 2. The average molecular weight is 915 g/mol. The Balaban J connectivity index is 1.43. The van der Waals surface area contributed by atoms with Crippen molar-refractivity contribution < 1.29 is 91.1 Å². The summed E-state index contributed by atoms with van der Waals surface area (Å²) in [5.74, 6) is -5.54. The number of nitrogens with one attached hydrogen (secondary N) is 2. The number of carbonyl (C=O) groups is 7. The molecule has 4 N–H and O–H groups in total. The van der Waals surface area contributed by atoms with Crippen LogP contribution in [0, 0.1) is 0 Å². The number of hydrogen-bond donors (Lipinski definition) is 4. The highest BCUT2D eigenvalue weighted by atomic mass is 16.8. The first-order valence-electron chi connectivity index (χ1n) is 20.7. The van der Waals surface area contributed by atoms with E-state index in [-0.39, 0.29) is 19.1 Å². The predicted octanol–water partition coefficient (Wildman–Crippen LogP) is 1.08. The number of carbonyl (C=O) groups excluding carboxylic acids is 7. The maximum Gasteiger partial charge on any atom is 0.407 e. The molecule has 2 saturated heterocycles. The second-order valence-electron chi connectivity index (χ2n) is 15.3. The molecule has 2 heterocycles. The normalized spacial score (nSPS) is 26.7. The summed E-state index contributed by atoms with van der Waals surface area (Å²) < 4.78 is 57.0. The van der Waals surface area contributed by atoms with Gasteiger partial charge in [-0.3, -0.25) is 24.0 Å². The molecule has 2 aromatic carbocycles. The molecule has 0 aromatic heterocycles. The van der Waals surface area contributed by atoms with Crippen LogP contribution in [0.2, 0.25) is 0 Å². The van der Waals surface area contributed by atoms with E-state index >= 15 is 0 Å². The lowest BCUT2D eigenvalue weighted by Crippen LogP contribution is -2.69. The number of rotatable bonds is 18. The fourth-order valence-corrected chi connectivity index (χ4v) is 7.84. The lowest BCUT2D eigenvalue weighted by molar-refractivity contribution is -0.349. The molecular weight excluding hydrogens is 860 g/mol. The zero-order valence-electron chi connectivity index (χ0n) is 36.6. The highest BCUT2D eigenvalue weighted by molar-refractivity contribution is 5.82. The second kappa shape index (κ2) is 22.8. The molecule has 21 nitrogen and oxygen atoms in total. The summed E-state index contributed by atoms with van der Waals surface area (Å²) in [6.07, 6.45) is -16.2. The van der Waals surface area contributed by atoms with Crippen LogP contribution in [-0.2, 0) is 76.1 Å². The van der Waals surface area contributed by atoms with Gasteiger partial charge < -0.3 is 68.2 Å². The van der Waals surface area contributed by atoms with Crippen molar-refractivity contribution in [2.75, 3.05) is 26.4 Å². The molecule has 354 valence electrons. The standard InChI is InChI=1S/C44H54N2O19/c1-8-17-56-41(54)34(46-44(55)58-19-31-29-15-11-9-13-27(29)28-14-10-12-16-30(28)31)21(2)59-42-35(45-22(3)48)38(36(53)32(18-47)63-42)65-43-40(62-26(7)52)39(61-25(6)51)37(60-24(5)50)33(64-43)20-57-23(4)49/h8-16,21,31-40,42-43,47,53H,1,17-20H2,2-7H3,(H,45,48)(H,46,55)/t21-,32?,33?,34+,35?,36+,37+,38?,39?,40?,42+,43+/m1/s1. The summed E-state index contributed by atoms with van der Waals surface area (Å²) in [5.41, 5.74) is 3.88. The van der Waals surface area contributed by atoms with Crippen LogP contribution in [-0.4, -0.2) is 152 Å². The first-order chi connectivity index (χ1) is 30.9. The third kappa shape index (κ3) is 12.6. The van der Waals surface area contributed by atoms with Crippen molar-refractivity contribution in [2.45, 2.75) is 121 Å². The molecular formula is C44H54N2O19. The summed E-state index contributed by atoms with van der Waals surface area (Å²) in [6.45, 7) is 8.36.